The molecule has 0 radical (unpaired) electrons. The van der Waals surface area contributed by atoms with Crippen molar-refractivity contribution in [3.8, 4) is 5.75 Å². The highest BCUT2D eigenvalue weighted by atomic mass is 16.5. The van der Waals surface area contributed by atoms with Gasteiger partial charge in [-0.25, -0.2) is 0 Å². The fourth-order valence-corrected chi connectivity index (χ4v) is 4.00. The summed E-state index contributed by atoms with van der Waals surface area (Å²) >= 11 is 0. The van der Waals surface area contributed by atoms with Crippen LogP contribution in [0, 0.1) is 0 Å². The molecule has 0 bridgehead atoms. The Morgan fingerprint density at radius 1 is 0.871 bits per heavy atom. The third kappa shape index (κ3) is 12.6. The molecular weight excluding hydrogens is 382 g/mol. The fourth-order valence-electron chi connectivity index (χ4n) is 4.00. The first-order chi connectivity index (χ1) is 15.2. The summed E-state index contributed by atoms with van der Waals surface area (Å²) in [7, 11) is 0. The Labute approximate surface area is 191 Å². The molecule has 3 heteroatoms. The van der Waals surface area contributed by atoms with Gasteiger partial charge < -0.3 is 9.30 Å². The lowest BCUT2D eigenvalue weighted by Crippen LogP contribution is -2.14. The summed E-state index contributed by atoms with van der Waals surface area (Å²) in [5.74, 6) is 0.450. The van der Waals surface area contributed by atoms with Crippen LogP contribution in [0.5, 0.6) is 5.75 Å². The summed E-state index contributed by atoms with van der Waals surface area (Å²) in [5.41, 5.74) is 0.863. The highest BCUT2D eigenvalue weighted by Gasteiger charge is 2.09. The van der Waals surface area contributed by atoms with Crippen LogP contribution in [0.25, 0.3) is 6.20 Å². The number of nitrogens with zero attached hydrogens (tertiary/aromatic N) is 1. The Kier molecular flexibility index (Phi) is 16.7. The molecule has 0 N–H and O–H groups in total. The van der Waals surface area contributed by atoms with E-state index in [9.17, 15) is 4.79 Å². The molecule has 1 rings (SSSR count). The van der Waals surface area contributed by atoms with Gasteiger partial charge in [0.05, 0.1) is 5.69 Å². The van der Waals surface area contributed by atoms with Crippen molar-refractivity contribution in [3.05, 3.63) is 46.9 Å². The summed E-state index contributed by atoms with van der Waals surface area (Å²) in [6.07, 6.45) is 29.1. The summed E-state index contributed by atoms with van der Waals surface area (Å²) < 4.78 is 7.61. The maximum atomic E-state index is 12.1. The van der Waals surface area contributed by atoms with E-state index >= 15 is 0 Å². The van der Waals surface area contributed by atoms with Crippen molar-refractivity contribution in [3.63, 3.8) is 0 Å². The van der Waals surface area contributed by atoms with E-state index in [-0.39, 0.29) is 5.43 Å². The molecule has 0 aliphatic rings. The summed E-state index contributed by atoms with van der Waals surface area (Å²) in [6, 6.07) is 1.58. The smallest absolute Gasteiger partial charge is 0.223 e. The van der Waals surface area contributed by atoms with Gasteiger partial charge in [-0.2, -0.15) is 0 Å². The number of aromatic nitrogens is 1. The predicted molar refractivity (Wildman–Crippen MR) is 136 cm³/mol. The second-order valence-electron chi connectivity index (χ2n) is 8.59. The van der Waals surface area contributed by atoms with Gasteiger partial charge >= 0.3 is 0 Å². The minimum Gasteiger partial charge on any atom is -0.484 e. The van der Waals surface area contributed by atoms with Gasteiger partial charge in [0.2, 0.25) is 5.43 Å². The van der Waals surface area contributed by atoms with Crippen LogP contribution in [0.2, 0.25) is 0 Å². The van der Waals surface area contributed by atoms with Crippen molar-refractivity contribution >= 4 is 6.20 Å². The van der Waals surface area contributed by atoms with E-state index in [1.54, 1.807) is 12.1 Å². The summed E-state index contributed by atoms with van der Waals surface area (Å²) in [4.78, 5) is 12.1. The number of ether oxygens (including phenoxy) is 1. The highest BCUT2D eigenvalue weighted by molar-refractivity contribution is 5.36. The van der Waals surface area contributed by atoms with Gasteiger partial charge in [0, 0.05) is 18.5 Å². The molecule has 0 aliphatic carbocycles. The lowest BCUT2D eigenvalue weighted by Gasteiger charge is -2.13. The van der Waals surface area contributed by atoms with Gasteiger partial charge in [0.25, 0.3) is 0 Å². The molecule has 0 atom stereocenters. The maximum Gasteiger partial charge on any atom is 0.223 e. The zero-order valence-electron chi connectivity index (χ0n) is 20.4. The van der Waals surface area contributed by atoms with Crippen molar-refractivity contribution in [2.75, 3.05) is 6.61 Å². The second kappa shape index (κ2) is 19.0. The van der Waals surface area contributed by atoms with Crippen molar-refractivity contribution in [1.82, 2.24) is 4.57 Å². The Hall–Kier alpha value is -1.77. The number of unbranched alkanes of at least 4 members (excludes halogenated alkanes) is 14. The first-order valence-electron chi connectivity index (χ1n) is 12.9. The average molecular weight is 430 g/mol. The highest BCUT2D eigenvalue weighted by Crippen LogP contribution is 2.16. The lowest BCUT2D eigenvalue weighted by molar-refractivity contribution is 0.352. The van der Waals surface area contributed by atoms with Gasteiger partial charge in [-0.3, -0.25) is 4.79 Å². The quantitative estimate of drug-likeness (QED) is 0.154. The molecule has 0 fully saturated rings. The molecule has 1 aromatic rings. The van der Waals surface area contributed by atoms with Crippen LogP contribution in [-0.4, -0.2) is 11.2 Å². The first-order valence-corrected chi connectivity index (χ1v) is 12.9. The van der Waals surface area contributed by atoms with Crippen molar-refractivity contribution in [2.24, 2.45) is 0 Å². The average Bonchev–Trinajstić information content (AvgIpc) is 2.78. The largest absolute Gasteiger partial charge is 0.484 e. The van der Waals surface area contributed by atoms with E-state index in [4.69, 9.17) is 4.74 Å². The van der Waals surface area contributed by atoms with Gasteiger partial charge in [0.15, 0.2) is 5.75 Å². The number of hydrogen-bond acceptors (Lipinski definition) is 2. The van der Waals surface area contributed by atoms with E-state index in [2.05, 4.69) is 25.8 Å². The molecule has 0 amide bonds. The topological polar surface area (TPSA) is 31.2 Å². The molecule has 0 spiro atoms. The molecule has 0 aliphatic heterocycles. The zero-order valence-corrected chi connectivity index (χ0v) is 20.4. The second-order valence-corrected chi connectivity index (χ2v) is 8.59. The SMILES string of the molecule is C=CCOc1c(CC)n(C=CCCCCCCCCCCCCCCCC)ccc1=O. The molecule has 0 aromatic carbocycles. The predicted octanol–water partition coefficient (Wildman–Crippen LogP) is 8.32. The number of hydrogen-bond donors (Lipinski definition) is 0. The molecule has 3 nitrogen and oxygen atoms in total. The minimum absolute atomic E-state index is 0.0599. The van der Waals surface area contributed by atoms with E-state index in [1.165, 1.54) is 89.9 Å². The van der Waals surface area contributed by atoms with Crippen LogP contribution >= 0.6 is 0 Å². The standard InChI is InChI=1S/C28H47NO2/c1-4-7-8-9-10-11-12-13-14-15-16-17-18-19-20-21-23-29-24-22-27(30)28(26(29)6-3)31-25-5-2/h5,21-24H,2,4,6-20,25H2,1,3H3. The third-order valence-corrected chi connectivity index (χ3v) is 5.85. The van der Waals surface area contributed by atoms with Crippen molar-refractivity contribution in [1.29, 1.82) is 0 Å². The van der Waals surface area contributed by atoms with Crippen LogP contribution in [0.15, 0.2) is 35.8 Å². The Bertz CT molecular complexity index is 659. The Balaban J connectivity index is 2.11. The van der Waals surface area contributed by atoms with Crippen LogP contribution in [-0.2, 0) is 6.42 Å². The zero-order chi connectivity index (χ0) is 22.6. The molecule has 176 valence electrons. The van der Waals surface area contributed by atoms with Crippen molar-refractivity contribution < 1.29 is 4.74 Å². The van der Waals surface area contributed by atoms with Gasteiger partial charge in [0.1, 0.15) is 6.61 Å². The summed E-state index contributed by atoms with van der Waals surface area (Å²) in [6.45, 7) is 8.35. The molecule has 0 saturated carbocycles. The van der Waals surface area contributed by atoms with Crippen LogP contribution in [0.4, 0.5) is 0 Å². The molecule has 1 aromatic heterocycles. The van der Waals surface area contributed by atoms with E-state index in [0.717, 1.165) is 18.5 Å². The molecular formula is C28H47NO2. The van der Waals surface area contributed by atoms with Crippen LogP contribution in [0.1, 0.15) is 116 Å². The molecule has 0 saturated heterocycles. The van der Waals surface area contributed by atoms with E-state index < -0.39 is 0 Å². The minimum atomic E-state index is -0.0599. The Morgan fingerprint density at radius 3 is 1.94 bits per heavy atom. The van der Waals surface area contributed by atoms with Crippen LogP contribution < -0.4 is 10.2 Å². The number of allylic oxidation sites excluding steroid dienone is 1. The van der Waals surface area contributed by atoms with E-state index in [1.807, 2.05) is 17.7 Å². The number of rotatable bonds is 20. The fraction of sp³-hybridized carbons (Fsp3) is 0.679. The maximum absolute atomic E-state index is 12.1. The lowest BCUT2D eigenvalue weighted by atomic mass is 10.0. The van der Waals surface area contributed by atoms with E-state index in [0.29, 0.717) is 12.4 Å². The van der Waals surface area contributed by atoms with Gasteiger partial charge in [-0.15, -0.1) is 0 Å². The van der Waals surface area contributed by atoms with Crippen LogP contribution in [0.3, 0.4) is 0 Å². The van der Waals surface area contributed by atoms with Gasteiger partial charge in [-0.05, 0) is 19.3 Å². The summed E-state index contributed by atoms with van der Waals surface area (Å²) in [5, 5.41) is 0. The monoisotopic (exact) mass is 429 g/mol. The Morgan fingerprint density at radius 2 is 1.42 bits per heavy atom. The normalized spacial score (nSPS) is 11.3. The molecule has 0 unspecified atom stereocenters. The van der Waals surface area contributed by atoms with Gasteiger partial charge in [-0.1, -0.05) is 116 Å². The van der Waals surface area contributed by atoms with Crippen molar-refractivity contribution in [2.45, 2.75) is 117 Å². The first kappa shape index (κ1) is 27.3. The molecule has 1 heterocycles. The third-order valence-electron chi connectivity index (χ3n) is 5.85. The molecule has 31 heavy (non-hydrogen) atoms. The number of pyridine rings is 1.